The number of hydrogen-bond acceptors (Lipinski definition) is 2. The molecule has 0 aromatic carbocycles. The van der Waals surface area contributed by atoms with E-state index < -0.39 is 0 Å². The third-order valence-electron chi connectivity index (χ3n) is 7.91. The van der Waals surface area contributed by atoms with Crippen LogP contribution in [0.5, 0.6) is 0 Å². The number of nitrogens with one attached hydrogen (secondary N) is 1. The number of amides is 2. The van der Waals surface area contributed by atoms with Gasteiger partial charge in [0.1, 0.15) is 6.04 Å². The molecule has 4 nitrogen and oxygen atoms in total. The summed E-state index contributed by atoms with van der Waals surface area (Å²) in [6.07, 6.45) is 13.1. The molecule has 4 bridgehead atoms. The third-order valence-corrected chi connectivity index (χ3v) is 7.91. The third kappa shape index (κ3) is 3.91. The van der Waals surface area contributed by atoms with Gasteiger partial charge in [-0.2, -0.15) is 0 Å². The SMILES string of the molecule is CC(C)[C@H](NC(=O)C12CC3CC(CC(C3)C1)C2)C(=O)N1CCCCCCC1. The Balaban J connectivity index is 1.45. The van der Waals surface area contributed by atoms with Crippen LogP contribution in [0.15, 0.2) is 0 Å². The highest BCUT2D eigenvalue weighted by Crippen LogP contribution is 2.60. The van der Waals surface area contributed by atoms with Crippen molar-refractivity contribution in [1.82, 2.24) is 10.2 Å². The van der Waals surface area contributed by atoms with Crippen LogP contribution in [0, 0.1) is 29.1 Å². The molecule has 0 spiro atoms. The Bertz CT molecular complexity index is 527. The largest absolute Gasteiger partial charge is 0.344 e. The molecule has 1 saturated heterocycles. The molecule has 4 aliphatic carbocycles. The molecular formula is C23H38N2O2. The number of carbonyl (C=O) groups excluding carboxylic acids is 2. The molecule has 1 heterocycles. The zero-order chi connectivity index (χ0) is 19.0. The summed E-state index contributed by atoms with van der Waals surface area (Å²) in [5.41, 5.74) is -0.168. The molecule has 2 amide bonds. The molecule has 5 fully saturated rings. The molecule has 4 saturated carbocycles. The molecule has 0 aromatic rings. The lowest BCUT2D eigenvalue weighted by molar-refractivity contribution is -0.150. The quantitative estimate of drug-likeness (QED) is 0.804. The van der Waals surface area contributed by atoms with E-state index in [9.17, 15) is 9.59 Å². The van der Waals surface area contributed by atoms with Crippen molar-refractivity contribution in [3.8, 4) is 0 Å². The molecular weight excluding hydrogens is 336 g/mol. The van der Waals surface area contributed by atoms with Gasteiger partial charge in [0.05, 0.1) is 0 Å². The van der Waals surface area contributed by atoms with Gasteiger partial charge in [-0.15, -0.1) is 0 Å². The van der Waals surface area contributed by atoms with E-state index in [1.807, 2.05) is 4.90 Å². The second kappa shape index (κ2) is 7.75. The molecule has 1 aliphatic heterocycles. The smallest absolute Gasteiger partial charge is 0.245 e. The van der Waals surface area contributed by atoms with Crippen molar-refractivity contribution in [1.29, 1.82) is 0 Å². The maximum atomic E-state index is 13.4. The van der Waals surface area contributed by atoms with Gasteiger partial charge in [-0.1, -0.05) is 33.1 Å². The minimum absolute atomic E-state index is 0.140. The summed E-state index contributed by atoms with van der Waals surface area (Å²) >= 11 is 0. The van der Waals surface area contributed by atoms with E-state index in [-0.39, 0.29) is 29.2 Å². The molecule has 1 atom stereocenters. The van der Waals surface area contributed by atoms with Crippen molar-refractivity contribution in [3.63, 3.8) is 0 Å². The minimum atomic E-state index is -0.357. The van der Waals surface area contributed by atoms with E-state index in [1.165, 1.54) is 38.5 Å². The Kier molecular flexibility index (Phi) is 5.53. The van der Waals surface area contributed by atoms with Gasteiger partial charge in [-0.3, -0.25) is 9.59 Å². The molecule has 0 unspecified atom stereocenters. The van der Waals surface area contributed by atoms with Gasteiger partial charge in [0, 0.05) is 18.5 Å². The summed E-state index contributed by atoms with van der Waals surface area (Å²) in [7, 11) is 0. The summed E-state index contributed by atoms with van der Waals surface area (Å²) < 4.78 is 0. The number of rotatable bonds is 4. The van der Waals surface area contributed by atoms with Crippen LogP contribution in [0.25, 0.3) is 0 Å². The van der Waals surface area contributed by atoms with Crippen molar-refractivity contribution in [2.45, 2.75) is 90.5 Å². The van der Waals surface area contributed by atoms with Gasteiger partial charge in [-0.05, 0) is 75.0 Å². The van der Waals surface area contributed by atoms with Gasteiger partial charge >= 0.3 is 0 Å². The highest BCUT2D eigenvalue weighted by atomic mass is 16.2. The normalized spacial score (nSPS) is 37.0. The Labute approximate surface area is 164 Å². The predicted molar refractivity (Wildman–Crippen MR) is 107 cm³/mol. The zero-order valence-corrected chi connectivity index (χ0v) is 17.3. The van der Waals surface area contributed by atoms with E-state index in [2.05, 4.69) is 19.2 Å². The standard InChI is InChI=1S/C23H38N2O2/c1-16(2)20(21(26)25-8-6-4-3-5-7-9-25)24-22(27)23-13-17-10-18(14-23)12-19(11-17)15-23/h16-20H,3-15H2,1-2H3,(H,24,27)/t17?,18?,19?,20-,23?/m0/s1. The lowest BCUT2D eigenvalue weighted by Gasteiger charge is -2.56. The van der Waals surface area contributed by atoms with Gasteiger partial charge in [0.2, 0.25) is 11.8 Å². The Morgan fingerprint density at radius 2 is 1.33 bits per heavy atom. The first-order valence-electron chi connectivity index (χ1n) is 11.6. The summed E-state index contributed by atoms with van der Waals surface area (Å²) in [5, 5.41) is 3.28. The van der Waals surface area contributed by atoms with E-state index in [4.69, 9.17) is 0 Å². The number of carbonyl (C=O) groups is 2. The van der Waals surface area contributed by atoms with Crippen LogP contribution < -0.4 is 5.32 Å². The fraction of sp³-hybridized carbons (Fsp3) is 0.913. The fourth-order valence-electron chi connectivity index (χ4n) is 6.86. The maximum absolute atomic E-state index is 13.4. The van der Waals surface area contributed by atoms with Crippen molar-refractivity contribution in [2.75, 3.05) is 13.1 Å². The lowest BCUT2D eigenvalue weighted by atomic mass is 9.49. The molecule has 4 heteroatoms. The second-order valence-electron chi connectivity index (χ2n) is 10.5. The van der Waals surface area contributed by atoms with Gasteiger partial charge in [0.25, 0.3) is 0 Å². The number of likely N-dealkylation sites (tertiary alicyclic amines) is 1. The monoisotopic (exact) mass is 374 g/mol. The summed E-state index contributed by atoms with van der Waals surface area (Å²) in [5.74, 6) is 2.75. The van der Waals surface area contributed by atoms with Crippen LogP contribution in [0.4, 0.5) is 0 Å². The van der Waals surface area contributed by atoms with Crippen LogP contribution in [0.3, 0.4) is 0 Å². The molecule has 152 valence electrons. The molecule has 5 aliphatic rings. The van der Waals surface area contributed by atoms with Crippen LogP contribution in [0.2, 0.25) is 0 Å². The van der Waals surface area contributed by atoms with Crippen molar-refractivity contribution in [3.05, 3.63) is 0 Å². The minimum Gasteiger partial charge on any atom is -0.344 e. The Morgan fingerprint density at radius 1 is 0.852 bits per heavy atom. The van der Waals surface area contributed by atoms with E-state index in [0.29, 0.717) is 0 Å². The molecule has 0 radical (unpaired) electrons. The van der Waals surface area contributed by atoms with Crippen LogP contribution in [0.1, 0.15) is 84.5 Å². The van der Waals surface area contributed by atoms with E-state index >= 15 is 0 Å². The molecule has 0 aromatic heterocycles. The Morgan fingerprint density at radius 3 is 1.81 bits per heavy atom. The average Bonchev–Trinajstić information content (AvgIpc) is 2.57. The van der Waals surface area contributed by atoms with Gasteiger partial charge < -0.3 is 10.2 Å². The van der Waals surface area contributed by atoms with Crippen molar-refractivity contribution in [2.24, 2.45) is 29.1 Å². The van der Waals surface area contributed by atoms with Crippen LogP contribution in [-0.2, 0) is 9.59 Å². The zero-order valence-electron chi connectivity index (χ0n) is 17.3. The maximum Gasteiger partial charge on any atom is 0.245 e. The topological polar surface area (TPSA) is 49.4 Å². The highest BCUT2D eigenvalue weighted by Gasteiger charge is 2.55. The van der Waals surface area contributed by atoms with E-state index in [1.54, 1.807) is 0 Å². The Hall–Kier alpha value is -1.06. The first-order valence-corrected chi connectivity index (χ1v) is 11.6. The first kappa shape index (κ1) is 19.3. The van der Waals surface area contributed by atoms with Crippen molar-refractivity contribution >= 4 is 11.8 Å². The van der Waals surface area contributed by atoms with Gasteiger partial charge in [0.15, 0.2) is 0 Å². The van der Waals surface area contributed by atoms with Crippen LogP contribution in [-0.4, -0.2) is 35.8 Å². The molecule has 1 N–H and O–H groups in total. The predicted octanol–water partition coefficient (Wildman–Crippen LogP) is 4.14. The second-order valence-corrected chi connectivity index (χ2v) is 10.5. The summed E-state index contributed by atoms with van der Waals surface area (Å²) in [6, 6.07) is -0.357. The number of hydrogen-bond donors (Lipinski definition) is 1. The number of nitrogens with zero attached hydrogens (tertiary/aromatic N) is 1. The van der Waals surface area contributed by atoms with Crippen molar-refractivity contribution < 1.29 is 9.59 Å². The lowest BCUT2D eigenvalue weighted by Crippen LogP contribution is -2.59. The summed E-state index contributed by atoms with van der Waals surface area (Å²) in [4.78, 5) is 28.7. The molecule has 5 rings (SSSR count). The van der Waals surface area contributed by atoms with Crippen LogP contribution >= 0.6 is 0 Å². The van der Waals surface area contributed by atoms with E-state index in [0.717, 1.165) is 62.9 Å². The highest BCUT2D eigenvalue weighted by molar-refractivity contribution is 5.90. The summed E-state index contributed by atoms with van der Waals surface area (Å²) in [6.45, 7) is 5.86. The van der Waals surface area contributed by atoms with Gasteiger partial charge in [-0.25, -0.2) is 0 Å². The molecule has 27 heavy (non-hydrogen) atoms. The average molecular weight is 375 g/mol. The first-order chi connectivity index (χ1) is 13.0. The fourth-order valence-corrected chi connectivity index (χ4v) is 6.86.